The minimum absolute atomic E-state index is 0.118. The van der Waals surface area contributed by atoms with E-state index in [1.165, 1.54) is 6.07 Å². The predicted octanol–water partition coefficient (Wildman–Crippen LogP) is 1.57. The van der Waals surface area contributed by atoms with Crippen LogP contribution in [0.25, 0.3) is 0 Å². The highest BCUT2D eigenvalue weighted by Crippen LogP contribution is 2.31. The van der Waals surface area contributed by atoms with E-state index in [9.17, 15) is 13.2 Å². The summed E-state index contributed by atoms with van der Waals surface area (Å²) in [6, 6.07) is 1.23. The number of aromatic nitrogens is 2. The first-order valence-corrected chi connectivity index (χ1v) is 5.04. The molecule has 17 heavy (non-hydrogen) atoms. The third-order valence-corrected chi connectivity index (χ3v) is 2.27. The van der Waals surface area contributed by atoms with E-state index in [1.807, 2.05) is 0 Å². The van der Waals surface area contributed by atoms with Crippen molar-refractivity contribution in [1.29, 1.82) is 0 Å². The third kappa shape index (κ3) is 3.19. The van der Waals surface area contributed by atoms with Gasteiger partial charge in [0.25, 0.3) is 0 Å². The molecular weight excluding hydrogens is 237 g/mol. The molecular formula is C9H11F3N4O. The second kappa shape index (κ2) is 4.36. The zero-order valence-corrected chi connectivity index (χ0v) is 8.79. The molecule has 94 valence electrons. The van der Waals surface area contributed by atoms with E-state index in [0.29, 0.717) is 12.5 Å². The van der Waals surface area contributed by atoms with Crippen molar-refractivity contribution >= 4 is 5.82 Å². The van der Waals surface area contributed by atoms with E-state index in [4.69, 9.17) is 10.6 Å². The lowest BCUT2D eigenvalue weighted by Gasteiger charge is -2.10. The molecule has 1 heterocycles. The Hall–Kier alpha value is -1.57. The Morgan fingerprint density at radius 2 is 2.12 bits per heavy atom. The number of halogens is 3. The molecule has 0 saturated heterocycles. The lowest BCUT2D eigenvalue weighted by atomic mass is 10.4. The molecule has 0 radical (unpaired) electrons. The van der Waals surface area contributed by atoms with Crippen LogP contribution >= 0.6 is 0 Å². The molecule has 3 N–H and O–H groups in total. The van der Waals surface area contributed by atoms with Crippen LogP contribution in [-0.4, -0.2) is 16.6 Å². The zero-order chi connectivity index (χ0) is 12.5. The highest BCUT2D eigenvalue weighted by Gasteiger charge is 2.35. The Balaban J connectivity index is 2.18. The number of nitrogens with two attached hydrogens (primary N) is 1. The maximum atomic E-state index is 12.4. The van der Waals surface area contributed by atoms with Crippen LogP contribution in [0, 0.1) is 5.92 Å². The van der Waals surface area contributed by atoms with Crippen LogP contribution in [0.15, 0.2) is 6.07 Å². The van der Waals surface area contributed by atoms with Gasteiger partial charge in [0.2, 0.25) is 11.7 Å². The Morgan fingerprint density at radius 1 is 1.41 bits per heavy atom. The largest absolute Gasteiger partial charge is 0.477 e. The van der Waals surface area contributed by atoms with Crippen molar-refractivity contribution < 1.29 is 17.9 Å². The molecule has 0 spiro atoms. The van der Waals surface area contributed by atoms with Crippen LogP contribution < -0.4 is 16.0 Å². The number of anilines is 1. The van der Waals surface area contributed by atoms with Crippen LogP contribution in [-0.2, 0) is 6.18 Å². The van der Waals surface area contributed by atoms with Crippen molar-refractivity contribution in [3.8, 4) is 5.88 Å². The standard InChI is InChI=1S/C9H11F3N4O/c10-9(11,12)8-14-6(16-13)3-7(15-8)17-4-5-1-2-5/h3,5H,1-2,4,13H2,(H,14,15,16). The molecule has 0 atom stereocenters. The highest BCUT2D eigenvalue weighted by molar-refractivity contribution is 5.37. The first kappa shape index (κ1) is 11.9. The summed E-state index contributed by atoms with van der Waals surface area (Å²) in [4.78, 5) is 6.51. The summed E-state index contributed by atoms with van der Waals surface area (Å²) in [6.07, 6.45) is -2.54. The number of alkyl halides is 3. The summed E-state index contributed by atoms with van der Waals surface area (Å²) in [5.74, 6) is 3.95. The SMILES string of the molecule is NNc1cc(OCC2CC2)nc(C(F)(F)F)n1. The van der Waals surface area contributed by atoms with E-state index in [1.54, 1.807) is 0 Å². The van der Waals surface area contributed by atoms with Gasteiger partial charge in [-0.1, -0.05) is 0 Å². The van der Waals surface area contributed by atoms with Crippen molar-refractivity contribution in [3.05, 3.63) is 11.9 Å². The molecule has 0 aromatic carbocycles. The summed E-state index contributed by atoms with van der Waals surface area (Å²) < 4.78 is 42.5. The first-order valence-electron chi connectivity index (χ1n) is 5.04. The van der Waals surface area contributed by atoms with Crippen molar-refractivity contribution in [2.75, 3.05) is 12.0 Å². The average Bonchev–Trinajstić information content (AvgIpc) is 3.08. The van der Waals surface area contributed by atoms with Crippen LogP contribution in [0.3, 0.4) is 0 Å². The van der Waals surface area contributed by atoms with Crippen LogP contribution in [0.2, 0.25) is 0 Å². The van der Waals surface area contributed by atoms with Crippen molar-refractivity contribution in [3.63, 3.8) is 0 Å². The fourth-order valence-corrected chi connectivity index (χ4v) is 1.19. The third-order valence-electron chi connectivity index (χ3n) is 2.27. The fourth-order valence-electron chi connectivity index (χ4n) is 1.19. The normalized spacial score (nSPS) is 15.8. The maximum absolute atomic E-state index is 12.4. The molecule has 2 rings (SSSR count). The van der Waals surface area contributed by atoms with Crippen molar-refractivity contribution in [2.45, 2.75) is 19.0 Å². The van der Waals surface area contributed by atoms with Gasteiger partial charge in [-0.15, -0.1) is 0 Å². The first-order chi connectivity index (χ1) is 7.99. The Kier molecular flexibility index (Phi) is 3.05. The maximum Gasteiger partial charge on any atom is 0.451 e. The van der Waals surface area contributed by atoms with Gasteiger partial charge in [-0.05, 0) is 18.8 Å². The molecule has 0 aliphatic heterocycles. The molecule has 0 unspecified atom stereocenters. The Labute approximate surface area is 95.2 Å². The molecule has 5 nitrogen and oxygen atoms in total. The number of hydrogen-bond donors (Lipinski definition) is 2. The van der Waals surface area contributed by atoms with Gasteiger partial charge in [0.1, 0.15) is 5.82 Å². The molecule has 1 saturated carbocycles. The molecule has 1 aromatic rings. The van der Waals surface area contributed by atoms with Gasteiger partial charge >= 0.3 is 6.18 Å². The Bertz CT molecular complexity index is 406. The average molecular weight is 248 g/mol. The van der Waals surface area contributed by atoms with Gasteiger partial charge in [-0.2, -0.15) is 18.2 Å². The summed E-state index contributed by atoms with van der Waals surface area (Å²) in [5, 5.41) is 0. The number of rotatable bonds is 4. The monoisotopic (exact) mass is 248 g/mol. The summed E-state index contributed by atoms with van der Waals surface area (Å²) in [5.41, 5.74) is 2.05. The minimum Gasteiger partial charge on any atom is -0.477 e. The lowest BCUT2D eigenvalue weighted by molar-refractivity contribution is -0.145. The lowest BCUT2D eigenvalue weighted by Crippen LogP contribution is -2.16. The number of ether oxygens (including phenoxy) is 1. The highest BCUT2D eigenvalue weighted by atomic mass is 19.4. The van der Waals surface area contributed by atoms with Gasteiger partial charge in [0.05, 0.1) is 6.61 Å². The summed E-state index contributed by atoms with van der Waals surface area (Å²) in [6.45, 7) is 0.373. The molecule has 0 amide bonds. The van der Waals surface area contributed by atoms with E-state index in [0.717, 1.165) is 12.8 Å². The quantitative estimate of drug-likeness (QED) is 0.625. The number of nitrogens with one attached hydrogen (secondary N) is 1. The molecule has 1 aromatic heterocycles. The van der Waals surface area contributed by atoms with Gasteiger partial charge in [0.15, 0.2) is 0 Å². The smallest absolute Gasteiger partial charge is 0.451 e. The van der Waals surface area contributed by atoms with Crippen LogP contribution in [0.5, 0.6) is 5.88 Å². The fraction of sp³-hybridized carbons (Fsp3) is 0.556. The van der Waals surface area contributed by atoms with Crippen molar-refractivity contribution in [1.82, 2.24) is 9.97 Å². The number of hydrogen-bond acceptors (Lipinski definition) is 5. The molecule has 1 aliphatic carbocycles. The van der Waals surface area contributed by atoms with Gasteiger partial charge < -0.3 is 10.2 Å². The van der Waals surface area contributed by atoms with E-state index >= 15 is 0 Å². The topological polar surface area (TPSA) is 73.1 Å². The summed E-state index contributed by atoms with van der Waals surface area (Å²) >= 11 is 0. The second-order valence-electron chi connectivity index (χ2n) is 3.81. The molecule has 0 bridgehead atoms. The number of hydrazine groups is 1. The number of nitrogens with zero attached hydrogens (tertiary/aromatic N) is 2. The van der Waals surface area contributed by atoms with Gasteiger partial charge in [-0.25, -0.2) is 10.8 Å². The number of nitrogen functional groups attached to an aromatic ring is 1. The van der Waals surface area contributed by atoms with E-state index < -0.39 is 12.0 Å². The van der Waals surface area contributed by atoms with Gasteiger partial charge in [-0.3, -0.25) is 0 Å². The molecule has 1 aliphatic rings. The van der Waals surface area contributed by atoms with E-state index in [2.05, 4.69) is 15.4 Å². The van der Waals surface area contributed by atoms with Crippen LogP contribution in [0.1, 0.15) is 18.7 Å². The predicted molar refractivity (Wildman–Crippen MR) is 53.1 cm³/mol. The van der Waals surface area contributed by atoms with Gasteiger partial charge in [0, 0.05) is 6.07 Å². The zero-order valence-electron chi connectivity index (χ0n) is 8.79. The van der Waals surface area contributed by atoms with Crippen LogP contribution in [0.4, 0.5) is 19.0 Å². The molecule has 1 fully saturated rings. The van der Waals surface area contributed by atoms with Crippen molar-refractivity contribution in [2.24, 2.45) is 11.8 Å². The minimum atomic E-state index is -4.62. The molecule has 8 heteroatoms. The second-order valence-corrected chi connectivity index (χ2v) is 3.81. The Morgan fingerprint density at radius 3 is 2.65 bits per heavy atom. The van der Waals surface area contributed by atoms with E-state index in [-0.39, 0.29) is 11.7 Å². The summed E-state index contributed by atoms with van der Waals surface area (Å²) in [7, 11) is 0.